The summed E-state index contributed by atoms with van der Waals surface area (Å²) in [5.41, 5.74) is 6.12. The molecule has 1 fully saturated rings. The molecule has 1 unspecified atom stereocenters. The molecule has 1 aromatic heterocycles. The van der Waals surface area contributed by atoms with E-state index in [0.717, 1.165) is 18.9 Å². The Morgan fingerprint density at radius 3 is 2.65 bits per heavy atom. The Morgan fingerprint density at radius 2 is 2.18 bits per heavy atom. The lowest BCUT2D eigenvalue weighted by Crippen LogP contribution is -2.22. The monoisotopic (exact) mass is 235 g/mol. The van der Waals surface area contributed by atoms with Crippen LogP contribution in [0, 0.1) is 0 Å². The Kier molecular flexibility index (Phi) is 3.58. The molecule has 2 heterocycles. The molecule has 0 saturated carbocycles. The van der Waals surface area contributed by atoms with E-state index in [4.69, 9.17) is 10.8 Å². The van der Waals surface area contributed by atoms with Gasteiger partial charge < -0.3 is 15.7 Å². The summed E-state index contributed by atoms with van der Waals surface area (Å²) < 4.78 is 0. The molecule has 92 valence electrons. The number of carbonyl (C=O) groups is 1. The van der Waals surface area contributed by atoms with E-state index in [1.807, 2.05) is 12.1 Å². The molecule has 17 heavy (non-hydrogen) atoms. The molecule has 1 saturated heterocycles. The zero-order chi connectivity index (χ0) is 12.3. The van der Waals surface area contributed by atoms with E-state index in [1.165, 1.54) is 12.8 Å². The van der Waals surface area contributed by atoms with Crippen LogP contribution in [0.25, 0.3) is 0 Å². The lowest BCUT2D eigenvalue weighted by molar-refractivity contribution is -0.138. The molecule has 0 amide bonds. The minimum Gasteiger partial charge on any atom is -0.481 e. The van der Waals surface area contributed by atoms with E-state index in [0.29, 0.717) is 5.56 Å². The van der Waals surface area contributed by atoms with Gasteiger partial charge in [-0.2, -0.15) is 0 Å². The van der Waals surface area contributed by atoms with E-state index < -0.39 is 11.9 Å². The Morgan fingerprint density at radius 1 is 1.47 bits per heavy atom. The molecule has 2 rings (SSSR count). The molecular formula is C12H17N3O2. The van der Waals surface area contributed by atoms with Crippen LogP contribution in [0.1, 0.15) is 24.3 Å². The summed E-state index contributed by atoms with van der Waals surface area (Å²) in [6.07, 6.45) is 4.02. The van der Waals surface area contributed by atoms with E-state index >= 15 is 0 Å². The van der Waals surface area contributed by atoms with Crippen LogP contribution < -0.4 is 10.6 Å². The van der Waals surface area contributed by atoms with Crippen molar-refractivity contribution in [2.45, 2.75) is 18.8 Å². The van der Waals surface area contributed by atoms with Gasteiger partial charge in [-0.1, -0.05) is 6.07 Å². The molecule has 0 radical (unpaired) electrons. The molecule has 0 aliphatic carbocycles. The lowest BCUT2D eigenvalue weighted by atomic mass is 10.0. The quantitative estimate of drug-likeness (QED) is 0.807. The number of carboxylic acids is 1. The van der Waals surface area contributed by atoms with Crippen molar-refractivity contribution in [3.63, 3.8) is 0 Å². The average molecular weight is 235 g/mol. The van der Waals surface area contributed by atoms with Crippen molar-refractivity contribution >= 4 is 11.8 Å². The number of hydrogen-bond donors (Lipinski definition) is 2. The maximum absolute atomic E-state index is 11.0. The molecule has 3 N–H and O–H groups in total. The maximum Gasteiger partial charge on any atom is 0.312 e. The molecule has 1 aliphatic rings. The summed E-state index contributed by atoms with van der Waals surface area (Å²) >= 11 is 0. The molecule has 1 aromatic rings. The maximum atomic E-state index is 11.0. The Labute approximate surface area is 100 Å². The second-order valence-electron chi connectivity index (χ2n) is 4.27. The summed E-state index contributed by atoms with van der Waals surface area (Å²) in [6.45, 7) is 2.16. The van der Waals surface area contributed by atoms with Gasteiger partial charge in [0.05, 0.1) is 5.92 Å². The topological polar surface area (TPSA) is 79.5 Å². The number of aromatic nitrogens is 1. The van der Waals surface area contributed by atoms with Gasteiger partial charge in [0, 0.05) is 25.8 Å². The number of pyridine rings is 1. The van der Waals surface area contributed by atoms with Crippen molar-refractivity contribution in [2.75, 3.05) is 24.5 Å². The van der Waals surface area contributed by atoms with E-state index in [1.54, 1.807) is 6.20 Å². The van der Waals surface area contributed by atoms with Gasteiger partial charge in [0.15, 0.2) is 0 Å². The molecule has 1 atom stereocenters. The van der Waals surface area contributed by atoms with Gasteiger partial charge in [0.2, 0.25) is 0 Å². The second kappa shape index (κ2) is 5.14. The Bertz CT molecular complexity index is 385. The van der Waals surface area contributed by atoms with Crippen LogP contribution in [0.15, 0.2) is 18.3 Å². The molecule has 0 bridgehead atoms. The van der Waals surface area contributed by atoms with Crippen LogP contribution in [0.2, 0.25) is 0 Å². The highest BCUT2D eigenvalue weighted by Crippen LogP contribution is 2.20. The largest absolute Gasteiger partial charge is 0.481 e. The predicted molar refractivity (Wildman–Crippen MR) is 65.1 cm³/mol. The third-order valence-corrected chi connectivity index (χ3v) is 3.14. The van der Waals surface area contributed by atoms with Crippen LogP contribution in [0.4, 0.5) is 5.82 Å². The normalized spacial score (nSPS) is 17.1. The van der Waals surface area contributed by atoms with Gasteiger partial charge in [-0.05, 0) is 24.5 Å². The minimum atomic E-state index is -0.900. The fourth-order valence-electron chi connectivity index (χ4n) is 2.12. The first kappa shape index (κ1) is 11.9. The smallest absolute Gasteiger partial charge is 0.312 e. The standard InChI is InChI=1S/C12H17N3O2/c13-7-10(12(16)17)9-3-4-11(14-8-9)15-5-1-2-6-15/h3-4,8,10H,1-2,5-7,13H2,(H,16,17). The third kappa shape index (κ3) is 2.55. The van der Waals surface area contributed by atoms with Crippen molar-refractivity contribution in [2.24, 2.45) is 5.73 Å². The number of hydrogen-bond acceptors (Lipinski definition) is 4. The van der Waals surface area contributed by atoms with Crippen LogP contribution in [-0.2, 0) is 4.79 Å². The Hall–Kier alpha value is -1.62. The molecule has 5 nitrogen and oxygen atoms in total. The molecular weight excluding hydrogens is 218 g/mol. The lowest BCUT2D eigenvalue weighted by Gasteiger charge is -2.17. The number of nitrogens with two attached hydrogens (primary N) is 1. The van der Waals surface area contributed by atoms with Crippen molar-refractivity contribution in [3.8, 4) is 0 Å². The van der Waals surface area contributed by atoms with Crippen LogP contribution >= 0.6 is 0 Å². The molecule has 0 aromatic carbocycles. The van der Waals surface area contributed by atoms with Gasteiger partial charge in [-0.3, -0.25) is 4.79 Å². The SMILES string of the molecule is NCC(C(=O)O)c1ccc(N2CCCC2)nc1. The fraction of sp³-hybridized carbons (Fsp3) is 0.500. The third-order valence-electron chi connectivity index (χ3n) is 3.14. The van der Waals surface area contributed by atoms with Crippen LogP contribution in [-0.4, -0.2) is 35.7 Å². The zero-order valence-corrected chi connectivity index (χ0v) is 9.67. The summed E-state index contributed by atoms with van der Waals surface area (Å²) in [5, 5.41) is 8.99. The van der Waals surface area contributed by atoms with Crippen molar-refractivity contribution in [1.82, 2.24) is 4.98 Å². The first-order valence-corrected chi connectivity index (χ1v) is 5.86. The van der Waals surface area contributed by atoms with Crippen molar-refractivity contribution < 1.29 is 9.90 Å². The highest BCUT2D eigenvalue weighted by Gasteiger charge is 2.19. The predicted octanol–water partition coefficient (Wildman–Crippen LogP) is 0.809. The van der Waals surface area contributed by atoms with Crippen molar-refractivity contribution in [1.29, 1.82) is 0 Å². The van der Waals surface area contributed by atoms with E-state index in [-0.39, 0.29) is 6.54 Å². The highest BCUT2D eigenvalue weighted by atomic mass is 16.4. The van der Waals surface area contributed by atoms with E-state index in [9.17, 15) is 4.79 Å². The number of nitrogens with zero attached hydrogens (tertiary/aromatic N) is 2. The second-order valence-corrected chi connectivity index (χ2v) is 4.27. The summed E-state index contributed by atoms with van der Waals surface area (Å²) in [7, 11) is 0. The fourth-order valence-corrected chi connectivity index (χ4v) is 2.12. The van der Waals surface area contributed by atoms with Gasteiger partial charge in [0.25, 0.3) is 0 Å². The summed E-state index contributed by atoms with van der Waals surface area (Å²) in [5.74, 6) is -0.634. The Balaban J connectivity index is 2.14. The number of aliphatic carboxylic acids is 1. The van der Waals surface area contributed by atoms with Crippen molar-refractivity contribution in [3.05, 3.63) is 23.9 Å². The van der Waals surface area contributed by atoms with Crippen LogP contribution in [0.5, 0.6) is 0 Å². The number of rotatable bonds is 4. The average Bonchev–Trinajstić information content (AvgIpc) is 2.84. The highest BCUT2D eigenvalue weighted by molar-refractivity contribution is 5.76. The molecule has 1 aliphatic heterocycles. The van der Waals surface area contributed by atoms with E-state index in [2.05, 4.69) is 9.88 Å². The first-order chi connectivity index (χ1) is 8.22. The van der Waals surface area contributed by atoms with Gasteiger partial charge in [0.1, 0.15) is 5.82 Å². The number of anilines is 1. The summed E-state index contributed by atoms with van der Waals surface area (Å²) in [4.78, 5) is 17.5. The first-order valence-electron chi connectivity index (χ1n) is 5.86. The minimum absolute atomic E-state index is 0.0973. The number of carboxylic acid groups (broad SMARTS) is 1. The van der Waals surface area contributed by atoms with Gasteiger partial charge in [-0.15, -0.1) is 0 Å². The summed E-state index contributed by atoms with van der Waals surface area (Å²) in [6, 6.07) is 3.69. The zero-order valence-electron chi connectivity index (χ0n) is 9.67. The molecule has 5 heteroatoms. The van der Waals surface area contributed by atoms with Gasteiger partial charge >= 0.3 is 5.97 Å². The van der Waals surface area contributed by atoms with Gasteiger partial charge in [-0.25, -0.2) is 4.98 Å². The molecule has 0 spiro atoms. The van der Waals surface area contributed by atoms with Crippen LogP contribution in [0.3, 0.4) is 0 Å².